The van der Waals surface area contributed by atoms with E-state index in [9.17, 15) is 9.59 Å². The van der Waals surface area contributed by atoms with E-state index in [1.54, 1.807) is 20.8 Å². The zero-order chi connectivity index (χ0) is 18.3. The minimum absolute atomic E-state index is 0.189. The zero-order valence-electron chi connectivity index (χ0n) is 14.0. The average Bonchev–Trinajstić information content (AvgIpc) is 2.50. The van der Waals surface area contributed by atoms with Gasteiger partial charge in [0.05, 0.1) is 17.0 Å². The molecule has 24 heavy (non-hydrogen) atoms. The fourth-order valence-electron chi connectivity index (χ4n) is 1.73. The Hall–Kier alpha value is -1.41. The molecule has 0 aliphatic heterocycles. The van der Waals surface area contributed by atoms with Gasteiger partial charge in [0.2, 0.25) is 0 Å². The minimum atomic E-state index is -0.519. The van der Waals surface area contributed by atoms with Gasteiger partial charge in [-0.15, -0.1) is 0 Å². The van der Waals surface area contributed by atoms with Gasteiger partial charge in [-0.2, -0.15) is 5.10 Å². The maximum atomic E-state index is 11.8. The van der Waals surface area contributed by atoms with Crippen molar-refractivity contribution in [3.63, 3.8) is 0 Å². The molecule has 0 aliphatic rings. The molecule has 1 rings (SSSR count). The van der Waals surface area contributed by atoms with Gasteiger partial charge in [0.15, 0.2) is 6.61 Å². The monoisotopic (exact) mass is 462 g/mol. The summed E-state index contributed by atoms with van der Waals surface area (Å²) in [5, 5.41) is 3.92. The molecule has 1 atom stereocenters. The molecule has 0 radical (unpaired) electrons. The van der Waals surface area contributed by atoms with Crippen LogP contribution in [0.5, 0.6) is 5.75 Å². The van der Waals surface area contributed by atoms with Gasteiger partial charge in [-0.25, -0.2) is 5.43 Å². The molecule has 1 aromatic carbocycles. The van der Waals surface area contributed by atoms with Gasteiger partial charge < -0.3 is 9.47 Å². The fraction of sp³-hybridized carbons (Fsp3) is 0.438. The lowest BCUT2D eigenvalue weighted by atomic mass is 10.1. The number of hydrogen-bond donors (Lipinski definition) is 1. The number of amides is 1. The SMILES string of the molecule is CCOC(=O)C(C)C(C)=NNC(=O)COc1c(C)cc(Br)cc1Br. The maximum absolute atomic E-state index is 11.8. The van der Waals surface area contributed by atoms with Crippen molar-refractivity contribution in [2.75, 3.05) is 13.2 Å². The van der Waals surface area contributed by atoms with Gasteiger partial charge >= 0.3 is 5.97 Å². The molecule has 0 bridgehead atoms. The van der Waals surface area contributed by atoms with Crippen LogP contribution in [0, 0.1) is 12.8 Å². The Morgan fingerprint density at radius 3 is 2.58 bits per heavy atom. The normalized spacial score (nSPS) is 12.5. The smallest absolute Gasteiger partial charge is 0.314 e. The van der Waals surface area contributed by atoms with Gasteiger partial charge in [0, 0.05) is 10.2 Å². The quantitative estimate of drug-likeness (QED) is 0.380. The van der Waals surface area contributed by atoms with E-state index in [-0.39, 0.29) is 12.6 Å². The molecule has 1 unspecified atom stereocenters. The summed E-state index contributed by atoms with van der Waals surface area (Å²) in [5.41, 5.74) is 3.72. The first-order valence-corrected chi connectivity index (χ1v) is 8.93. The summed E-state index contributed by atoms with van der Waals surface area (Å²) >= 11 is 6.78. The van der Waals surface area contributed by atoms with Crippen LogP contribution in [-0.4, -0.2) is 30.8 Å². The highest BCUT2D eigenvalue weighted by molar-refractivity contribution is 9.11. The van der Waals surface area contributed by atoms with Crippen molar-refractivity contribution >= 4 is 49.4 Å². The van der Waals surface area contributed by atoms with Crippen LogP contribution < -0.4 is 10.2 Å². The second kappa shape index (κ2) is 9.78. The van der Waals surface area contributed by atoms with Gasteiger partial charge in [0.1, 0.15) is 5.75 Å². The summed E-state index contributed by atoms with van der Waals surface area (Å²) < 4.78 is 12.1. The number of nitrogens with one attached hydrogen (secondary N) is 1. The van der Waals surface area contributed by atoms with Crippen LogP contribution in [0.15, 0.2) is 26.2 Å². The van der Waals surface area contributed by atoms with E-state index in [0.29, 0.717) is 18.1 Å². The van der Waals surface area contributed by atoms with Crippen LogP contribution in [0.4, 0.5) is 0 Å². The number of ether oxygens (including phenoxy) is 2. The van der Waals surface area contributed by atoms with Crippen molar-refractivity contribution < 1.29 is 19.1 Å². The number of hydrazone groups is 1. The molecular formula is C16H20Br2N2O4. The summed E-state index contributed by atoms with van der Waals surface area (Å²) in [6.07, 6.45) is 0. The Balaban J connectivity index is 2.58. The van der Waals surface area contributed by atoms with E-state index in [4.69, 9.17) is 9.47 Å². The Labute approximate surface area is 158 Å². The Morgan fingerprint density at radius 1 is 1.33 bits per heavy atom. The van der Waals surface area contributed by atoms with Gasteiger partial charge in [-0.05, 0) is 61.3 Å². The number of benzene rings is 1. The first-order chi connectivity index (χ1) is 11.3. The van der Waals surface area contributed by atoms with Crippen LogP contribution in [0.3, 0.4) is 0 Å². The molecule has 0 fully saturated rings. The molecule has 1 amide bonds. The molecule has 6 nitrogen and oxygen atoms in total. The van der Waals surface area contributed by atoms with Crippen molar-refractivity contribution in [3.8, 4) is 5.75 Å². The van der Waals surface area contributed by atoms with Crippen LogP contribution in [0.25, 0.3) is 0 Å². The number of esters is 1. The van der Waals surface area contributed by atoms with Gasteiger partial charge in [-0.3, -0.25) is 9.59 Å². The van der Waals surface area contributed by atoms with Crippen molar-refractivity contribution in [1.82, 2.24) is 5.43 Å². The van der Waals surface area contributed by atoms with Crippen LogP contribution in [0.1, 0.15) is 26.3 Å². The summed E-state index contributed by atoms with van der Waals surface area (Å²) in [7, 11) is 0. The summed E-state index contributed by atoms with van der Waals surface area (Å²) in [6.45, 7) is 7.05. The van der Waals surface area contributed by atoms with Gasteiger partial charge in [0.25, 0.3) is 5.91 Å². The molecule has 0 spiro atoms. The van der Waals surface area contributed by atoms with Gasteiger partial charge in [-0.1, -0.05) is 15.9 Å². The zero-order valence-corrected chi connectivity index (χ0v) is 17.2. The number of carbonyl (C=O) groups excluding carboxylic acids is 2. The molecule has 8 heteroatoms. The van der Waals surface area contributed by atoms with Crippen molar-refractivity contribution in [2.45, 2.75) is 27.7 Å². The topological polar surface area (TPSA) is 77.0 Å². The summed E-state index contributed by atoms with van der Waals surface area (Å²) in [6, 6.07) is 3.73. The lowest BCUT2D eigenvalue weighted by Gasteiger charge is -2.12. The lowest BCUT2D eigenvalue weighted by Crippen LogP contribution is -2.28. The molecule has 0 heterocycles. The predicted octanol–water partition coefficient (Wildman–Crippen LogP) is 3.59. The Bertz CT molecular complexity index is 624. The van der Waals surface area contributed by atoms with E-state index in [0.717, 1.165) is 14.5 Å². The number of halogens is 2. The second-order valence-electron chi connectivity index (χ2n) is 5.08. The fourth-order valence-corrected chi connectivity index (χ4v) is 3.28. The number of aryl methyl sites for hydroxylation is 1. The average molecular weight is 464 g/mol. The molecule has 1 N–H and O–H groups in total. The van der Waals surface area contributed by atoms with E-state index in [1.165, 1.54) is 0 Å². The van der Waals surface area contributed by atoms with Crippen molar-refractivity contribution in [1.29, 1.82) is 0 Å². The number of rotatable bonds is 7. The number of carbonyl (C=O) groups is 2. The third kappa shape index (κ3) is 6.24. The largest absolute Gasteiger partial charge is 0.482 e. The highest BCUT2D eigenvalue weighted by atomic mass is 79.9. The highest BCUT2D eigenvalue weighted by Gasteiger charge is 2.17. The molecular weight excluding hydrogens is 444 g/mol. The Morgan fingerprint density at radius 2 is 2.00 bits per heavy atom. The minimum Gasteiger partial charge on any atom is -0.482 e. The molecule has 0 saturated heterocycles. The van der Waals surface area contributed by atoms with Crippen LogP contribution in [-0.2, 0) is 14.3 Å². The standard InChI is InChI=1S/C16H20Br2N2O4/c1-5-23-16(22)10(3)11(4)19-20-14(21)8-24-15-9(2)6-12(17)7-13(15)18/h6-7,10H,5,8H2,1-4H3,(H,20,21). The summed E-state index contributed by atoms with van der Waals surface area (Å²) in [4.78, 5) is 23.4. The molecule has 0 saturated carbocycles. The molecule has 0 aromatic heterocycles. The van der Waals surface area contributed by atoms with Crippen molar-refractivity contribution in [3.05, 3.63) is 26.6 Å². The highest BCUT2D eigenvalue weighted by Crippen LogP contribution is 2.32. The second-order valence-corrected chi connectivity index (χ2v) is 6.85. The van der Waals surface area contributed by atoms with E-state index >= 15 is 0 Å². The van der Waals surface area contributed by atoms with Crippen LogP contribution in [0.2, 0.25) is 0 Å². The van der Waals surface area contributed by atoms with E-state index < -0.39 is 11.8 Å². The maximum Gasteiger partial charge on any atom is 0.314 e. The van der Waals surface area contributed by atoms with E-state index in [2.05, 4.69) is 42.4 Å². The van der Waals surface area contributed by atoms with Crippen molar-refractivity contribution in [2.24, 2.45) is 11.0 Å². The number of nitrogens with zero attached hydrogens (tertiary/aromatic N) is 1. The Kier molecular flexibility index (Phi) is 8.41. The predicted molar refractivity (Wildman–Crippen MR) is 99.1 cm³/mol. The van der Waals surface area contributed by atoms with Crippen LogP contribution >= 0.6 is 31.9 Å². The first-order valence-electron chi connectivity index (χ1n) is 7.34. The third-order valence-corrected chi connectivity index (χ3v) is 4.21. The molecule has 0 aliphatic carbocycles. The number of hydrogen-bond acceptors (Lipinski definition) is 5. The first kappa shape index (κ1) is 20.6. The molecule has 132 valence electrons. The molecule has 1 aromatic rings. The third-order valence-electron chi connectivity index (χ3n) is 3.17. The summed E-state index contributed by atoms with van der Waals surface area (Å²) in [5.74, 6) is -0.721. The lowest BCUT2D eigenvalue weighted by molar-refractivity contribution is -0.145. The van der Waals surface area contributed by atoms with E-state index in [1.807, 2.05) is 19.1 Å².